The van der Waals surface area contributed by atoms with Crippen molar-refractivity contribution in [1.82, 2.24) is 20.2 Å². The minimum Gasteiger partial charge on any atom is -0.494 e. The fourth-order valence-electron chi connectivity index (χ4n) is 2.56. The molecule has 0 unspecified atom stereocenters. The van der Waals surface area contributed by atoms with E-state index in [1.807, 2.05) is 0 Å². The van der Waals surface area contributed by atoms with Crippen molar-refractivity contribution in [3.05, 3.63) is 47.5 Å². The van der Waals surface area contributed by atoms with Crippen molar-refractivity contribution in [2.45, 2.75) is 0 Å². The SMILES string of the molecule is COc1c(Nc2cc(Cl)nnc2C(N)=O)cccc1-c1ncc(P(C)(C)=O)cn1. The Morgan fingerprint density at radius 1 is 1.17 bits per heavy atom. The van der Waals surface area contributed by atoms with Crippen LogP contribution in [0.1, 0.15) is 10.5 Å². The first kappa shape index (κ1) is 20.7. The largest absolute Gasteiger partial charge is 0.494 e. The Hall–Kier alpha value is -3.03. The van der Waals surface area contributed by atoms with Gasteiger partial charge >= 0.3 is 0 Å². The van der Waals surface area contributed by atoms with Crippen molar-refractivity contribution in [1.29, 1.82) is 0 Å². The number of amides is 1. The number of halogens is 1. The molecule has 150 valence electrons. The second-order valence-electron chi connectivity index (χ2n) is 6.42. The molecule has 2 aromatic heterocycles. The number of hydrogen-bond acceptors (Lipinski definition) is 8. The van der Waals surface area contributed by atoms with Gasteiger partial charge in [-0.25, -0.2) is 9.97 Å². The summed E-state index contributed by atoms with van der Waals surface area (Å²) in [6, 6.07) is 6.72. The first-order valence-corrected chi connectivity index (χ1v) is 11.3. The van der Waals surface area contributed by atoms with Gasteiger partial charge < -0.3 is 20.4 Å². The van der Waals surface area contributed by atoms with E-state index in [1.165, 1.54) is 13.2 Å². The maximum Gasteiger partial charge on any atom is 0.271 e. The fraction of sp³-hybridized carbons (Fsp3) is 0.167. The van der Waals surface area contributed by atoms with Gasteiger partial charge in [-0.2, -0.15) is 0 Å². The van der Waals surface area contributed by atoms with Crippen LogP contribution < -0.4 is 21.1 Å². The molecule has 0 aliphatic heterocycles. The number of carbonyl (C=O) groups excluding carboxylic acids is 1. The summed E-state index contributed by atoms with van der Waals surface area (Å²) in [5, 5.41) is 11.1. The third-order valence-electron chi connectivity index (χ3n) is 3.99. The summed E-state index contributed by atoms with van der Waals surface area (Å²) in [4.78, 5) is 20.3. The van der Waals surface area contributed by atoms with Crippen molar-refractivity contribution >= 4 is 41.3 Å². The summed E-state index contributed by atoms with van der Waals surface area (Å²) >= 11 is 5.90. The molecule has 2 heterocycles. The van der Waals surface area contributed by atoms with Crippen molar-refractivity contribution in [3.63, 3.8) is 0 Å². The van der Waals surface area contributed by atoms with Crippen LogP contribution in [0.4, 0.5) is 11.4 Å². The number of methoxy groups -OCH3 is 1. The summed E-state index contributed by atoms with van der Waals surface area (Å²) in [5.41, 5.74) is 6.69. The van der Waals surface area contributed by atoms with Gasteiger partial charge in [0.05, 0.1) is 24.0 Å². The molecule has 0 spiro atoms. The van der Waals surface area contributed by atoms with E-state index in [9.17, 15) is 9.36 Å². The minimum atomic E-state index is -2.46. The van der Waals surface area contributed by atoms with E-state index in [2.05, 4.69) is 25.5 Å². The number of aromatic nitrogens is 4. The molecule has 29 heavy (non-hydrogen) atoms. The van der Waals surface area contributed by atoms with Crippen molar-refractivity contribution < 1.29 is 14.1 Å². The van der Waals surface area contributed by atoms with E-state index in [0.717, 1.165) is 0 Å². The minimum absolute atomic E-state index is 0.0656. The molecule has 0 saturated heterocycles. The normalized spacial score (nSPS) is 11.2. The molecule has 0 aliphatic rings. The van der Waals surface area contributed by atoms with Crippen LogP contribution in [0.25, 0.3) is 11.4 Å². The smallest absolute Gasteiger partial charge is 0.271 e. The van der Waals surface area contributed by atoms with Crippen molar-refractivity contribution in [2.75, 3.05) is 25.8 Å². The first-order chi connectivity index (χ1) is 13.7. The number of ether oxygens (including phenoxy) is 1. The monoisotopic (exact) mass is 432 g/mol. The molecule has 3 aromatic rings. The zero-order valence-electron chi connectivity index (χ0n) is 15.9. The predicted molar refractivity (Wildman–Crippen MR) is 112 cm³/mol. The number of hydrogen-bond donors (Lipinski definition) is 2. The van der Waals surface area contributed by atoms with Crippen LogP contribution in [0.3, 0.4) is 0 Å². The predicted octanol–water partition coefficient (Wildman–Crippen LogP) is 2.69. The van der Waals surface area contributed by atoms with Gasteiger partial charge in [0, 0.05) is 23.8 Å². The van der Waals surface area contributed by atoms with E-state index in [4.69, 9.17) is 22.1 Å². The number of nitrogens with two attached hydrogens (primary N) is 1. The maximum atomic E-state index is 12.2. The van der Waals surface area contributed by atoms with Gasteiger partial charge in [-0.1, -0.05) is 17.7 Å². The zero-order chi connectivity index (χ0) is 21.2. The fourth-order valence-corrected chi connectivity index (χ4v) is 3.38. The standard InChI is InChI=1S/C18H18ClN6O3P/c1-28-16-11(18-21-8-10(9-22-18)29(2,3)27)5-4-6-12(16)23-13-7-14(19)24-25-15(13)17(20)26/h4-9H,1-3H3,(H2,20,26)(H,23,24). The van der Waals surface area contributed by atoms with Gasteiger partial charge in [0.2, 0.25) is 0 Å². The molecule has 0 aliphatic carbocycles. The average Bonchev–Trinajstić information content (AvgIpc) is 2.67. The molecule has 0 fully saturated rings. The lowest BCUT2D eigenvalue weighted by molar-refractivity contribution is 0.0995. The molecule has 3 rings (SSSR count). The highest BCUT2D eigenvalue weighted by Gasteiger charge is 2.18. The van der Waals surface area contributed by atoms with Gasteiger partial charge in [-0.15, -0.1) is 10.2 Å². The number of rotatable bonds is 6. The molecule has 0 bridgehead atoms. The Morgan fingerprint density at radius 2 is 1.86 bits per heavy atom. The van der Waals surface area contributed by atoms with E-state index in [0.29, 0.717) is 28.1 Å². The summed E-state index contributed by atoms with van der Waals surface area (Å²) in [6.45, 7) is 3.31. The lowest BCUT2D eigenvalue weighted by Gasteiger charge is -2.15. The number of primary amides is 1. The molecule has 0 radical (unpaired) electrons. The third kappa shape index (κ3) is 4.52. The van der Waals surface area contributed by atoms with Crippen LogP contribution in [-0.2, 0) is 4.57 Å². The number of nitrogens with zero attached hydrogens (tertiary/aromatic N) is 4. The van der Waals surface area contributed by atoms with Gasteiger partial charge in [0.15, 0.2) is 22.4 Å². The molecular weight excluding hydrogens is 415 g/mol. The van der Waals surface area contributed by atoms with Crippen LogP contribution >= 0.6 is 18.7 Å². The van der Waals surface area contributed by atoms with Gasteiger partial charge in [-0.3, -0.25) is 4.79 Å². The molecule has 9 nitrogen and oxygen atoms in total. The number of benzene rings is 1. The quantitative estimate of drug-likeness (QED) is 0.568. The topological polar surface area (TPSA) is 133 Å². The lowest BCUT2D eigenvalue weighted by Crippen LogP contribution is -2.16. The van der Waals surface area contributed by atoms with Crippen LogP contribution in [0.5, 0.6) is 5.75 Å². The summed E-state index contributed by atoms with van der Waals surface area (Å²) in [6.07, 6.45) is 3.08. The van der Waals surface area contributed by atoms with Gasteiger partial charge in [0.25, 0.3) is 5.91 Å². The van der Waals surface area contributed by atoms with Gasteiger partial charge in [0.1, 0.15) is 7.14 Å². The second kappa shape index (κ2) is 8.14. The van der Waals surface area contributed by atoms with Gasteiger partial charge in [-0.05, 0) is 25.5 Å². The van der Waals surface area contributed by atoms with Crippen LogP contribution in [-0.4, -0.2) is 46.5 Å². The highest BCUT2D eigenvalue weighted by molar-refractivity contribution is 7.70. The number of anilines is 2. The molecule has 1 aromatic carbocycles. The number of carbonyl (C=O) groups is 1. The van der Waals surface area contributed by atoms with E-state index >= 15 is 0 Å². The molecule has 1 amide bonds. The van der Waals surface area contributed by atoms with E-state index < -0.39 is 13.0 Å². The summed E-state index contributed by atoms with van der Waals surface area (Å²) in [7, 11) is -0.964. The Labute approximate surface area is 172 Å². The highest BCUT2D eigenvalue weighted by atomic mass is 35.5. The first-order valence-electron chi connectivity index (χ1n) is 8.35. The number of para-hydroxylation sites is 1. The average molecular weight is 433 g/mol. The van der Waals surface area contributed by atoms with Crippen molar-refractivity contribution in [3.8, 4) is 17.1 Å². The van der Waals surface area contributed by atoms with Crippen LogP contribution in [0.15, 0.2) is 36.7 Å². The third-order valence-corrected chi connectivity index (χ3v) is 5.65. The zero-order valence-corrected chi connectivity index (χ0v) is 17.5. The van der Waals surface area contributed by atoms with E-state index in [1.54, 1.807) is 43.9 Å². The molecule has 3 N–H and O–H groups in total. The summed E-state index contributed by atoms with van der Waals surface area (Å²) in [5.74, 6) is 0.0674. The Kier molecular flexibility index (Phi) is 5.81. The second-order valence-corrected chi connectivity index (χ2v) is 10.0. The Balaban J connectivity index is 2.05. The lowest BCUT2D eigenvalue weighted by atomic mass is 10.1. The Bertz CT molecular complexity index is 1120. The maximum absolute atomic E-state index is 12.2. The highest BCUT2D eigenvalue weighted by Crippen LogP contribution is 2.38. The van der Waals surface area contributed by atoms with E-state index in [-0.39, 0.29) is 16.5 Å². The number of nitrogens with one attached hydrogen (secondary N) is 1. The molecule has 0 atom stereocenters. The molecule has 11 heteroatoms. The van der Waals surface area contributed by atoms with Crippen molar-refractivity contribution in [2.24, 2.45) is 5.73 Å². The molecular formula is C18H18ClN6O3P. The summed E-state index contributed by atoms with van der Waals surface area (Å²) < 4.78 is 17.7. The Morgan fingerprint density at radius 3 is 2.45 bits per heavy atom. The van der Waals surface area contributed by atoms with Crippen LogP contribution in [0, 0.1) is 0 Å². The molecule has 0 saturated carbocycles. The van der Waals surface area contributed by atoms with Crippen LogP contribution in [0.2, 0.25) is 5.15 Å².